The van der Waals surface area contributed by atoms with Crippen LogP contribution in [0.3, 0.4) is 0 Å². The first-order valence-electron chi connectivity index (χ1n) is 8.81. The van der Waals surface area contributed by atoms with Gasteiger partial charge in [0.1, 0.15) is 18.1 Å². The van der Waals surface area contributed by atoms with Gasteiger partial charge in [-0.25, -0.2) is 4.99 Å². The van der Waals surface area contributed by atoms with Crippen molar-refractivity contribution >= 4 is 35.8 Å². The number of hydrogen-bond acceptors (Lipinski definition) is 3. The lowest BCUT2D eigenvalue weighted by molar-refractivity contribution is -0.127. The van der Waals surface area contributed by atoms with Crippen molar-refractivity contribution in [3.63, 3.8) is 0 Å². The zero-order chi connectivity index (χ0) is 18.9. The van der Waals surface area contributed by atoms with Gasteiger partial charge >= 0.3 is 0 Å². The molecule has 27 heavy (non-hydrogen) atoms. The van der Waals surface area contributed by atoms with Crippen LogP contribution in [0, 0.1) is 6.92 Å². The van der Waals surface area contributed by atoms with E-state index in [-0.39, 0.29) is 42.5 Å². The number of amides is 1. The molecule has 1 unspecified atom stereocenters. The molecule has 2 aromatic rings. The van der Waals surface area contributed by atoms with Crippen LogP contribution in [0.4, 0.5) is 0 Å². The smallest absolute Gasteiger partial charge is 0.243 e. The molecule has 2 N–H and O–H groups in total. The van der Waals surface area contributed by atoms with Crippen LogP contribution in [0.1, 0.15) is 30.0 Å². The van der Waals surface area contributed by atoms with E-state index < -0.39 is 0 Å². The van der Waals surface area contributed by atoms with Crippen molar-refractivity contribution in [2.45, 2.75) is 26.3 Å². The zero-order valence-corrected chi connectivity index (χ0v) is 18.7. The van der Waals surface area contributed by atoms with Crippen LogP contribution >= 0.6 is 24.0 Å². The Morgan fingerprint density at radius 3 is 2.48 bits per heavy atom. The Bertz CT molecular complexity index is 729. The lowest BCUT2D eigenvalue weighted by atomic mass is 10.1. The van der Waals surface area contributed by atoms with Crippen molar-refractivity contribution < 1.29 is 9.21 Å². The van der Waals surface area contributed by atoms with Crippen molar-refractivity contribution in [1.82, 2.24) is 15.5 Å². The number of furan rings is 1. The fourth-order valence-corrected chi connectivity index (χ4v) is 2.37. The molecule has 0 spiro atoms. The van der Waals surface area contributed by atoms with Gasteiger partial charge in [-0.3, -0.25) is 4.79 Å². The van der Waals surface area contributed by atoms with Gasteiger partial charge in [0.25, 0.3) is 0 Å². The first-order chi connectivity index (χ1) is 12.5. The minimum atomic E-state index is -0.0545. The number of nitrogens with zero attached hydrogens (tertiary/aromatic N) is 2. The maximum absolute atomic E-state index is 11.8. The molecule has 1 aromatic carbocycles. The van der Waals surface area contributed by atoms with Crippen molar-refractivity contribution in [2.75, 3.05) is 27.2 Å². The second kappa shape index (κ2) is 11.6. The van der Waals surface area contributed by atoms with Crippen LogP contribution < -0.4 is 10.6 Å². The van der Waals surface area contributed by atoms with Crippen LogP contribution in [0.2, 0.25) is 0 Å². The number of likely N-dealkylation sites (N-methyl/N-ethyl adjacent to an activating group) is 1. The van der Waals surface area contributed by atoms with Gasteiger partial charge in [-0.1, -0.05) is 30.3 Å². The number of aliphatic imine (C=N–C) groups is 1. The fourth-order valence-electron chi connectivity index (χ4n) is 2.37. The molecule has 1 amide bonds. The van der Waals surface area contributed by atoms with E-state index in [4.69, 9.17) is 4.42 Å². The van der Waals surface area contributed by atoms with Crippen LogP contribution in [-0.4, -0.2) is 44.0 Å². The van der Waals surface area contributed by atoms with Crippen molar-refractivity contribution in [1.29, 1.82) is 0 Å². The Balaban J connectivity index is 0.00000364. The second-order valence-corrected chi connectivity index (χ2v) is 6.43. The lowest BCUT2D eigenvalue weighted by Crippen LogP contribution is -2.40. The van der Waals surface area contributed by atoms with Crippen LogP contribution in [0.5, 0.6) is 0 Å². The molecule has 1 aromatic heterocycles. The number of aryl methyl sites for hydroxylation is 1. The summed E-state index contributed by atoms with van der Waals surface area (Å²) in [5.74, 6) is 2.25. The molecule has 2 rings (SSSR count). The van der Waals surface area contributed by atoms with Gasteiger partial charge in [0, 0.05) is 20.6 Å². The van der Waals surface area contributed by atoms with E-state index in [1.54, 1.807) is 14.1 Å². The highest BCUT2D eigenvalue weighted by Gasteiger charge is 2.12. The molecule has 0 aliphatic carbocycles. The maximum Gasteiger partial charge on any atom is 0.243 e. The molecule has 0 aliphatic heterocycles. The molecule has 1 atom stereocenters. The summed E-state index contributed by atoms with van der Waals surface area (Å²) < 4.78 is 5.66. The quantitative estimate of drug-likeness (QED) is 0.360. The van der Waals surface area contributed by atoms with Gasteiger partial charge in [0.05, 0.1) is 6.04 Å². The van der Waals surface area contributed by atoms with Gasteiger partial charge in [0.2, 0.25) is 5.91 Å². The SMILES string of the molecule is Cc1ccc(C(C)NC(=NCC(=O)N(C)C)NCCc2ccccc2)o1.I. The normalized spacial score (nSPS) is 12.1. The summed E-state index contributed by atoms with van der Waals surface area (Å²) in [6.45, 7) is 4.73. The number of rotatable bonds is 7. The molecule has 0 saturated carbocycles. The number of halogens is 1. The molecule has 148 valence electrons. The topological polar surface area (TPSA) is 69.9 Å². The third-order valence-corrected chi connectivity index (χ3v) is 3.96. The van der Waals surface area contributed by atoms with Gasteiger partial charge in [-0.2, -0.15) is 0 Å². The Morgan fingerprint density at radius 2 is 1.89 bits per heavy atom. The average Bonchev–Trinajstić information content (AvgIpc) is 3.06. The number of carbonyl (C=O) groups is 1. The minimum absolute atomic E-state index is 0. The number of carbonyl (C=O) groups excluding carboxylic acids is 1. The predicted octanol–water partition coefficient (Wildman–Crippen LogP) is 3.13. The Kier molecular flexibility index (Phi) is 9.92. The number of benzene rings is 1. The standard InChI is InChI=1S/C20H28N4O2.HI/c1-15-10-11-18(26-15)16(2)23-20(22-14-19(25)24(3)4)21-13-12-17-8-6-5-7-9-17;/h5-11,16H,12-14H2,1-4H3,(H2,21,22,23);1H. The monoisotopic (exact) mass is 484 g/mol. The number of guanidine groups is 1. The lowest BCUT2D eigenvalue weighted by Gasteiger charge is -2.17. The van der Waals surface area contributed by atoms with E-state index in [0.717, 1.165) is 24.5 Å². The van der Waals surface area contributed by atoms with E-state index in [9.17, 15) is 4.79 Å². The van der Waals surface area contributed by atoms with Crippen LogP contribution in [0.15, 0.2) is 51.9 Å². The summed E-state index contributed by atoms with van der Waals surface area (Å²) in [4.78, 5) is 17.8. The zero-order valence-electron chi connectivity index (χ0n) is 16.4. The number of nitrogens with one attached hydrogen (secondary N) is 2. The first kappa shape index (κ1) is 23.0. The molecular weight excluding hydrogens is 455 g/mol. The second-order valence-electron chi connectivity index (χ2n) is 6.43. The van der Waals surface area contributed by atoms with E-state index in [1.807, 2.05) is 44.2 Å². The predicted molar refractivity (Wildman–Crippen MR) is 120 cm³/mol. The summed E-state index contributed by atoms with van der Waals surface area (Å²) in [5.41, 5.74) is 1.25. The van der Waals surface area contributed by atoms with E-state index in [1.165, 1.54) is 10.5 Å². The third kappa shape index (κ3) is 8.03. The van der Waals surface area contributed by atoms with Crippen molar-refractivity contribution in [3.8, 4) is 0 Å². The van der Waals surface area contributed by atoms with Gasteiger partial charge in [-0.05, 0) is 38.0 Å². The van der Waals surface area contributed by atoms with Gasteiger partial charge in [-0.15, -0.1) is 24.0 Å². The molecule has 6 nitrogen and oxygen atoms in total. The highest BCUT2D eigenvalue weighted by Crippen LogP contribution is 2.15. The Hall–Kier alpha value is -2.03. The summed E-state index contributed by atoms with van der Waals surface area (Å²) in [7, 11) is 3.45. The molecule has 0 fully saturated rings. The van der Waals surface area contributed by atoms with Crippen molar-refractivity contribution in [2.24, 2.45) is 4.99 Å². The molecular formula is C20H29IN4O2. The molecule has 7 heteroatoms. The van der Waals surface area contributed by atoms with Gasteiger partial charge in [0.15, 0.2) is 5.96 Å². The van der Waals surface area contributed by atoms with Gasteiger partial charge < -0.3 is 20.0 Å². The van der Waals surface area contributed by atoms with Crippen LogP contribution in [-0.2, 0) is 11.2 Å². The minimum Gasteiger partial charge on any atom is -0.464 e. The summed E-state index contributed by atoms with van der Waals surface area (Å²) in [6.07, 6.45) is 0.872. The summed E-state index contributed by atoms with van der Waals surface area (Å²) in [6, 6.07) is 14.1. The highest BCUT2D eigenvalue weighted by molar-refractivity contribution is 14.0. The molecule has 1 heterocycles. The molecule has 0 aliphatic rings. The van der Waals surface area contributed by atoms with E-state index in [0.29, 0.717) is 5.96 Å². The number of hydrogen-bond donors (Lipinski definition) is 2. The maximum atomic E-state index is 11.8. The highest BCUT2D eigenvalue weighted by atomic mass is 127. The average molecular weight is 484 g/mol. The Labute approximate surface area is 178 Å². The Morgan fingerprint density at radius 1 is 1.19 bits per heavy atom. The summed E-state index contributed by atoms with van der Waals surface area (Å²) in [5, 5.41) is 6.60. The largest absolute Gasteiger partial charge is 0.464 e. The fraction of sp³-hybridized carbons (Fsp3) is 0.400. The van der Waals surface area contributed by atoms with Crippen molar-refractivity contribution in [3.05, 3.63) is 59.5 Å². The third-order valence-electron chi connectivity index (χ3n) is 3.96. The van der Waals surface area contributed by atoms with E-state index >= 15 is 0 Å². The molecule has 0 radical (unpaired) electrons. The summed E-state index contributed by atoms with van der Waals surface area (Å²) >= 11 is 0. The molecule has 0 saturated heterocycles. The van der Waals surface area contributed by atoms with Crippen LogP contribution in [0.25, 0.3) is 0 Å². The van der Waals surface area contributed by atoms with E-state index in [2.05, 4.69) is 27.8 Å². The first-order valence-corrected chi connectivity index (χ1v) is 8.81. The molecule has 0 bridgehead atoms.